The number of aliphatic hydroxyl groups is 1. The van der Waals surface area contributed by atoms with Crippen LogP contribution in [0.3, 0.4) is 0 Å². The minimum atomic E-state index is -1.02. The number of Topliss-reactive ketones (excluding diaryl/α,β-unsaturated/α-hetero) is 1. The number of hydrogen-bond acceptors (Lipinski definition) is 7. The zero-order valence-electron chi connectivity index (χ0n) is 18.4. The summed E-state index contributed by atoms with van der Waals surface area (Å²) in [5.41, 5.74) is 1.14. The quantitative estimate of drug-likeness (QED) is 0.228. The summed E-state index contributed by atoms with van der Waals surface area (Å²) in [6.07, 6.45) is 0. The van der Waals surface area contributed by atoms with Crippen LogP contribution in [0.5, 0.6) is 11.5 Å². The molecule has 0 radical (unpaired) electrons. The summed E-state index contributed by atoms with van der Waals surface area (Å²) in [6, 6.07) is 15.6. The lowest BCUT2D eigenvalue weighted by Crippen LogP contribution is -2.29. The number of carbonyl (C=O) groups is 2. The second-order valence-corrected chi connectivity index (χ2v) is 8.84. The highest BCUT2D eigenvalue weighted by Crippen LogP contribution is 2.44. The molecule has 2 heterocycles. The topological polar surface area (TPSA) is 100.0 Å². The van der Waals surface area contributed by atoms with E-state index in [0.29, 0.717) is 33.7 Å². The van der Waals surface area contributed by atoms with Crippen molar-refractivity contribution in [1.29, 1.82) is 0 Å². The van der Waals surface area contributed by atoms with Gasteiger partial charge in [-0.1, -0.05) is 35.6 Å². The first-order valence-electron chi connectivity index (χ1n) is 10.8. The van der Waals surface area contributed by atoms with Gasteiger partial charge in [0.1, 0.15) is 23.1 Å². The van der Waals surface area contributed by atoms with Crippen molar-refractivity contribution in [2.45, 2.75) is 13.0 Å². The average Bonchev–Trinajstić information content (AvgIpc) is 3.37. The number of amides is 1. The Morgan fingerprint density at radius 2 is 1.89 bits per heavy atom. The molecule has 1 aliphatic rings. The standard InChI is InChI=1S/C26H19FN2O5S/c1-2-34-18-5-3-4-15(12-18)23(31)21-22(14-6-9-17(30)10-7-14)29(25(33)24(21)32)26-28-19-11-8-16(27)13-20(19)35-26/h3-13,22,30-31H,2H2,1H3. The van der Waals surface area contributed by atoms with Gasteiger partial charge in [0.2, 0.25) is 0 Å². The Kier molecular flexibility index (Phi) is 5.70. The number of carbonyl (C=O) groups excluding carboxylic acids is 2. The number of aliphatic hydroxyl groups excluding tert-OH is 1. The molecule has 3 aromatic carbocycles. The predicted octanol–water partition coefficient (Wildman–Crippen LogP) is 5.17. The van der Waals surface area contributed by atoms with Gasteiger partial charge in [-0.15, -0.1) is 0 Å². The number of rotatable bonds is 5. The van der Waals surface area contributed by atoms with E-state index in [1.54, 1.807) is 36.4 Å². The molecule has 1 fully saturated rings. The van der Waals surface area contributed by atoms with Gasteiger partial charge in [-0.25, -0.2) is 9.37 Å². The Hall–Kier alpha value is -4.24. The number of phenols is 1. The fraction of sp³-hybridized carbons (Fsp3) is 0.115. The molecule has 1 aliphatic heterocycles. The molecule has 7 nitrogen and oxygen atoms in total. The van der Waals surface area contributed by atoms with Crippen molar-refractivity contribution in [2.75, 3.05) is 11.5 Å². The van der Waals surface area contributed by atoms with Crippen molar-refractivity contribution >= 4 is 44.1 Å². The number of thiazole rings is 1. The average molecular weight is 491 g/mol. The Morgan fingerprint density at radius 1 is 1.11 bits per heavy atom. The lowest BCUT2D eigenvalue weighted by molar-refractivity contribution is -0.132. The smallest absolute Gasteiger partial charge is 0.301 e. The molecule has 0 aliphatic carbocycles. The highest BCUT2D eigenvalue weighted by atomic mass is 32.1. The van der Waals surface area contributed by atoms with Crippen molar-refractivity contribution in [3.63, 3.8) is 0 Å². The Bertz CT molecular complexity index is 1500. The van der Waals surface area contributed by atoms with Gasteiger partial charge in [-0.3, -0.25) is 14.5 Å². The number of fused-ring (bicyclic) bond motifs is 1. The van der Waals surface area contributed by atoms with Gasteiger partial charge in [-0.2, -0.15) is 0 Å². The second-order valence-electron chi connectivity index (χ2n) is 7.83. The molecule has 176 valence electrons. The van der Waals surface area contributed by atoms with E-state index in [2.05, 4.69) is 4.98 Å². The molecule has 1 unspecified atom stereocenters. The highest BCUT2D eigenvalue weighted by molar-refractivity contribution is 7.22. The lowest BCUT2D eigenvalue weighted by Gasteiger charge is -2.23. The van der Waals surface area contributed by atoms with E-state index >= 15 is 0 Å². The van der Waals surface area contributed by atoms with Gasteiger partial charge in [0.25, 0.3) is 5.78 Å². The third-order valence-corrected chi connectivity index (χ3v) is 6.63. The van der Waals surface area contributed by atoms with E-state index in [1.165, 1.54) is 35.2 Å². The third kappa shape index (κ3) is 4.00. The van der Waals surface area contributed by atoms with Crippen LogP contribution in [0.1, 0.15) is 24.1 Å². The highest BCUT2D eigenvalue weighted by Gasteiger charge is 2.48. The van der Waals surface area contributed by atoms with Crippen molar-refractivity contribution in [1.82, 2.24) is 4.98 Å². The maximum Gasteiger partial charge on any atom is 0.301 e. The summed E-state index contributed by atoms with van der Waals surface area (Å²) in [7, 11) is 0. The first kappa shape index (κ1) is 22.5. The van der Waals surface area contributed by atoms with E-state index in [1.807, 2.05) is 6.92 Å². The molecule has 1 amide bonds. The van der Waals surface area contributed by atoms with Gasteiger partial charge in [0, 0.05) is 5.56 Å². The van der Waals surface area contributed by atoms with Crippen LogP contribution in [-0.4, -0.2) is 33.5 Å². The number of ketones is 1. The summed E-state index contributed by atoms with van der Waals surface area (Å²) in [5.74, 6) is -2.06. The monoisotopic (exact) mass is 490 g/mol. The fourth-order valence-electron chi connectivity index (χ4n) is 4.05. The molecule has 1 atom stereocenters. The lowest BCUT2D eigenvalue weighted by atomic mass is 9.95. The molecule has 1 aromatic heterocycles. The van der Waals surface area contributed by atoms with E-state index < -0.39 is 23.5 Å². The number of anilines is 1. The number of nitrogens with zero attached hydrogens (tertiary/aromatic N) is 2. The first-order chi connectivity index (χ1) is 16.9. The largest absolute Gasteiger partial charge is 0.508 e. The van der Waals surface area contributed by atoms with Crippen molar-refractivity contribution in [2.24, 2.45) is 0 Å². The van der Waals surface area contributed by atoms with E-state index in [-0.39, 0.29) is 22.2 Å². The van der Waals surface area contributed by atoms with E-state index in [0.717, 1.165) is 11.3 Å². The number of phenolic OH excluding ortho intramolecular Hbond substituents is 1. The first-order valence-corrected chi connectivity index (χ1v) is 11.6. The molecule has 35 heavy (non-hydrogen) atoms. The van der Waals surface area contributed by atoms with Crippen LogP contribution in [-0.2, 0) is 9.59 Å². The number of ether oxygens (including phenoxy) is 1. The van der Waals surface area contributed by atoms with Gasteiger partial charge >= 0.3 is 5.91 Å². The van der Waals surface area contributed by atoms with E-state index in [9.17, 15) is 24.2 Å². The number of aromatic nitrogens is 1. The minimum absolute atomic E-state index is 0.00517. The molecule has 5 rings (SSSR count). The zero-order chi connectivity index (χ0) is 24.7. The number of hydrogen-bond donors (Lipinski definition) is 2. The summed E-state index contributed by atoms with van der Waals surface area (Å²) in [5, 5.41) is 21.2. The minimum Gasteiger partial charge on any atom is -0.508 e. The van der Waals surface area contributed by atoms with Gasteiger partial charge < -0.3 is 14.9 Å². The number of aromatic hydroxyl groups is 1. The molecular weight excluding hydrogens is 471 g/mol. The van der Waals surface area contributed by atoms with E-state index in [4.69, 9.17) is 4.74 Å². The normalized spacial score (nSPS) is 17.3. The summed E-state index contributed by atoms with van der Waals surface area (Å²) >= 11 is 1.06. The second kappa shape index (κ2) is 8.84. The maximum absolute atomic E-state index is 13.8. The van der Waals surface area contributed by atoms with Crippen LogP contribution in [0.15, 0.2) is 72.3 Å². The van der Waals surface area contributed by atoms with Crippen LogP contribution in [0.2, 0.25) is 0 Å². The van der Waals surface area contributed by atoms with Crippen molar-refractivity contribution in [3.8, 4) is 11.5 Å². The number of benzene rings is 3. The Morgan fingerprint density at radius 3 is 2.63 bits per heavy atom. The van der Waals surface area contributed by atoms with Crippen LogP contribution in [0, 0.1) is 5.82 Å². The summed E-state index contributed by atoms with van der Waals surface area (Å²) < 4.78 is 19.8. The molecular formula is C26H19FN2O5S. The molecule has 0 saturated carbocycles. The molecule has 9 heteroatoms. The van der Waals surface area contributed by atoms with Gasteiger partial charge in [0.05, 0.1) is 28.4 Å². The molecule has 0 bridgehead atoms. The summed E-state index contributed by atoms with van der Waals surface area (Å²) in [6.45, 7) is 2.24. The third-order valence-electron chi connectivity index (χ3n) is 5.62. The summed E-state index contributed by atoms with van der Waals surface area (Å²) in [4.78, 5) is 32.2. The van der Waals surface area contributed by atoms with Crippen molar-refractivity contribution < 1.29 is 28.9 Å². The molecule has 2 N–H and O–H groups in total. The Balaban J connectivity index is 1.71. The van der Waals surface area contributed by atoms with Crippen LogP contribution < -0.4 is 9.64 Å². The predicted molar refractivity (Wildman–Crippen MR) is 130 cm³/mol. The van der Waals surface area contributed by atoms with Crippen LogP contribution >= 0.6 is 11.3 Å². The molecule has 1 saturated heterocycles. The molecule has 0 spiro atoms. The number of halogens is 1. The fourth-order valence-corrected chi connectivity index (χ4v) is 5.06. The van der Waals surface area contributed by atoms with Crippen LogP contribution in [0.4, 0.5) is 9.52 Å². The maximum atomic E-state index is 13.8. The Labute approximate surface area is 203 Å². The van der Waals surface area contributed by atoms with Crippen LogP contribution in [0.25, 0.3) is 16.0 Å². The molecule has 4 aromatic rings. The van der Waals surface area contributed by atoms with Gasteiger partial charge in [-0.05, 0) is 55.0 Å². The van der Waals surface area contributed by atoms with Crippen molar-refractivity contribution in [3.05, 3.63) is 89.2 Å². The zero-order valence-corrected chi connectivity index (χ0v) is 19.3. The van der Waals surface area contributed by atoms with Gasteiger partial charge in [0.15, 0.2) is 5.13 Å². The SMILES string of the molecule is CCOc1cccc(C(O)=C2C(=O)C(=O)N(c3nc4ccc(F)cc4s3)C2c2ccc(O)cc2)c1.